The molecule has 2 heterocycles. The number of aromatic nitrogens is 1. The topological polar surface area (TPSA) is 74.8 Å². The van der Waals surface area contributed by atoms with Crippen LogP contribution in [-0.2, 0) is 0 Å². The molecule has 0 atom stereocenters. The highest BCUT2D eigenvalue weighted by Gasteiger charge is 2.25. The van der Waals surface area contributed by atoms with Crippen LogP contribution in [0.5, 0.6) is 5.88 Å². The molecule has 7 heteroatoms. The quantitative estimate of drug-likeness (QED) is 0.915. The summed E-state index contributed by atoms with van der Waals surface area (Å²) in [5.74, 6) is 0.401. The summed E-state index contributed by atoms with van der Waals surface area (Å²) in [5.41, 5.74) is 1.21. The summed E-state index contributed by atoms with van der Waals surface area (Å²) in [7, 11) is 0. The van der Waals surface area contributed by atoms with Crippen LogP contribution < -0.4 is 10.1 Å². The molecule has 26 heavy (non-hydrogen) atoms. The number of nitrogens with one attached hydrogen (secondary N) is 1. The molecule has 1 aliphatic rings. The van der Waals surface area contributed by atoms with Crippen LogP contribution in [0.2, 0.25) is 0 Å². The molecule has 136 valence electrons. The number of rotatable bonds is 4. The molecule has 1 N–H and O–H groups in total. The van der Waals surface area contributed by atoms with Gasteiger partial charge in [0.25, 0.3) is 5.91 Å². The fourth-order valence-electron chi connectivity index (χ4n) is 2.81. The minimum atomic E-state index is -0.217. The third-order valence-electron chi connectivity index (χ3n) is 4.17. The van der Waals surface area contributed by atoms with E-state index in [-0.39, 0.29) is 11.9 Å². The first-order valence-corrected chi connectivity index (χ1v) is 8.67. The number of pyridine rings is 1. The number of nitrogens with zero attached hydrogens (tertiary/aromatic N) is 3. The molecule has 0 radical (unpaired) electrons. The average molecular weight is 354 g/mol. The van der Waals surface area contributed by atoms with Crippen molar-refractivity contribution in [1.29, 1.82) is 0 Å². The monoisotopic (exact) mass is 354 g/mol. The van der Waals surface area contributed by atoms with E-state index in [0.29, 0.717) is 49.9 Å². The van der Waals surface area contributed by atoms with Crippen LogP contribution in [0.3, 0.4) is 0 Å². The van der Waals surface area contributed by atoms with Crippen molar-refractivity contribution < 1.29 is 14.3 Å². The first kappa shape index (κ1) is 17.7. The zero-order valence-corrected chi connectivity index (χ0v) is 14.7. The van der Waals surface area contributed by atoms with Crippen molar-refractivity contribution in [2.45, 2.75) is 6.92 Å². The number of piperazine rings is 1. The van der Waals surface area contributed by atoms with Gasteiger partial charge < -0.3 is 19.9 Å². The number of benzene rings is 1. The van der Waals surface area contributed by atoms with Gasteiger partial charge in [-0.1, -0.05) is 18.2 Å². The second-order valence-electron chi connectivity index (χ2n) is 5.86. The maximum atomic E-state index is 12.5. The van der Waals surface area contributed by atoms with Crippen LogP contribution >= 0.6 is 0 Å². The van der Waals surface area contributed by atoms with E-state index >= 15 is 0 Å². The van der Waals surface area contributed by atoms with Gasteiger partial charge in [0.1, 0.15) is 5.69 Å². The van der Waals surface area contributed by atoms with Crippen molar-refractivity contribution in [2.75, 3.05) is 38.1 Å². The van der Waals surface area contributed by atoms with Crippen LogP contribution in [0, 0.1) is 0 Å². The number of ether oxygens (including phenoxy) is 1. The van der Waals surface area contributed by atoms with Crippen LogP contribution in [-0.4, -0.2) is 59.5 Å². The number of hydrogen-bond acceptors (Lipinski definition) is 4. The SMILES string of the molecule is CCOc1ncccc1NC(=O)N1CCN(C(=O)c2ccccc2)CC1. The van der Waals surface area contributed by atoms with Gasteiger partial charge in [-0.05, 0) is 31.2 Å². The molecule has 1 aliphatic heterocycles. The number of amides is 3. The molecular formula is C19H22N4O3. The lowest BCUT2D eigenvalue weighted by molar-refractivity contribution is 0.0671. The molecule has 0 aliphatic carbocycles. The van der Waals surface area contributed by atoms with Gasteiger partial charge in [0, 0.05) is 37.9 Å². The Hall–Kier alpha value is -3.09. The molecule has 1 aromatic carbocycles. The smallest absolute Gasteiger partial charge is 0.322 e. The Morgan fingerprint density at radius 1 is 1.04 bits per heavy atom. The summed E-state index contributed by atoms with van der Waals surface area (Å²) in [6.45, 7) is 4.31. The highest BCUT2D eigenvalue weighted by Crippen LogP contribution is 2.21. The Balaban J connectivity index is 1.56. The van der Waals surface area contributed by atoms with Crippen molar-refractivity contribution in [3.63, 3.8) is 0 Å². The predicted molar refractivity (Wildman–Crippen MR) is 98.3 cm³/mol. The minimum absolute atomic E-state index is 0.00319. The van der Waals surface area contributed by atoms with E-state index in [4.69, 9.17) is 4.74 Å². The van der Waals surface area contributed by atoms with Crippen LogP contribution in [0.1, 0.15) is 17.3 Å². The minimum Gasteiger partial charge on any atom is -0.476 e. The second-order valence-corrected chi connectivity index (χ2v) is 5.86. The maximum absolute atomic E-state index is 12.5. The van der Waals surface area contributed by atoms with E-state index in [2.05, 4.69) is 10.3 Å². The standard InChI is InChI=1S/C19H22N4O3/c1-2-26-17-16(9-6-10-20-17)21-19(25)23-13-11-22(12-14-23)18(24)15-7-4-3-5-8-15/h3-10H,2,11-14H2,1H3,(H,21,25). The average Bonchev–Trinajstić information content (AvgIpc) is 2.70. The van der Waals surface area contributed by atoms with Gasteiger partial charge in [-0.15, -0.1) is 0 Å². The maximum Gasteiger partial charge on any atom is 0.322 e. The number of urea groups is 1. The Morgan fingerprint density at radius 3 is 2.42 bits per heavy atom. The first-order chi connectivity index (χ1) is 12.7. The number of anilines is 1. The Labute approximate surface area is 152 Å². The van der Waals surface area contributed by atoms with E-state index in [0.717, 1.165) is 0 Å². The largest absolute Gasteiger partial charge is 0.476 e. The van der Waals surface area contributed by atoms with Crippen molar-refractivity contribution in [3.8, 4) is 5.88 Å². The van der Waals surface area contributed by atoms with Gasteiger partial charge in [-0.2, -0.15) is 0 Å². The third-order valence-corrected chi connectivity index (χ3v) is 4.17. The molecule has 3 amide bonds. The van der Waals surface area contributed by atoms with Gasteiger partial charge in [0.2, 0.25) is 5.88 Å². The highest BCUT2D eigenvalue weighted by atomic mass is 16.5. The fourth-order valence-corrected chi connectivity index (χ4v) is 2.81. The van der Waals surface area contributed by atoms with E-state index in [1.165, 1.54) is 0 Å². The third kappa shape index (κ3) is 4.11. The fraction of sp³-hybridized carbons (Fsp3) is 0.316. The van der Waals surface area contributed by atoms with Crippen molar-refractivity contribution in [1.82, 2.24) is 14.8 Å². The molecule has 1 aromatic heterocycles. The normalized spacial score (nSPS) is 14.0. The van der Waals surface area contributed by atoms with Gasteiger partial charge in [0.15, 0.2) is 0 Å². The predicted octanol–water partition coefficient (Wildman–Crippen LogP) is 2.47. The zero-order chi connectivity index (χ0) is 18.4. The van der Waals surface area contributed by atoms with Gasteiger partial charge in [-0.25, -0.2) is 9.78 Å². The van der Waals surface area contributed by atoms with Crippen molar-refractivity contribution in [2.24, 2.45) is 0 Å². The molecule has 7 nitrogen and oxygen atoms in total. The van der Waals surface area contributed by atoms with E-state index in [9.17, 15) is 9.59 Å². The second kappa shape index (κ2) is 8.33. The summed E-state index contributed by atoms with van der Waals surface area (Å²) < 4.78 is 5.43. The summed E-state index contributed by atoms with van der Waals surface area (Å²) in [4.78, 5) is 32.6. The van der Waals surface area contributed by atoms with Crippen LogP contribution in [0.4, 0.5) is 10.5 Å². The Bertz CT molecular complexity index is 758. The van der Waals surface area contributed by atoms with Gasteiger partial charge >= 0.3 is 6.03 Å². The highest BCUT2D eigenvalue weighted by molar-refractivity contribution is 5.94. The molecule has 1 saturated heterocycles. The van der Waals surface area contributed by atoms with Gasteiger partial charge in [-0.3, -0.25) is 4.79 Å². The van der Waals surface area contributed by atoms with E-state index < -0.39 is 0 Å². The van der Waals surface area contributed by atoms with Crippen LogP contribution in [0.25, 0.3) is 0 Å². The molecular weight excluding hydrogens is 332 g/mol. The van der Waals surface area contributed by atoms with Crippen molar-refractivity contribution >= 4 is 17.6 Å². The van der Waals surface area contributed by atoms with E-state index in [1.807, 2.05) is 25.1 Å². The first-order valence-electron chi connectivity index (χ1n) is 8.67. The Kier molecular flexibility index (Phi) is 5.68. The summed E-state index contributed by atoms with van der Waals surface area (Å²) >= 11 is 0. The summed E-state index contributed by atoms with van der Waals surface area (Å²) in [5, 5.41) is 2.84. The number of hydrogen-bond donors (Lipinski definition) is 1. The number of carbonyl (C=O) groups is 2. The molecule has 0 saturated carbocycles. The molecule has 3 rings (SSSR count). The lowest BCUT2D eigenvalue weighted by atomic mass is 10.2. The Morgan fingerprint density at radius 2 is 1.73 bits per heavy atom. The molecule has 1 fully saturated rings. The molecule has 0 spiro atoms. The molecule has 0 unspecified atom stereocenters. The van der Waals surface area contributed by atoms with Gasteiger partial charge in [0.05, 0.1) is 6.61 Å². The van der Waals surface area contributed by atoms with Crippen LogP contribution in [0.15, 0.2) is 48.7 Å². The molecule has 0 bridgehead atoms. The lowest BCUT2D eigenvalue weighted by Crippen LogP contribution is -2.51. The molecule has 2 aromatic rings. The summed E-state index contributed by atoms with van der Waals surface area (Å²) in [6, 6.07) is 12.5. The van der Waals surface area contributed by atoms with E-state index in [1.54, 1.807) is 40.3 Å². The zero-order valence-electron chi connectivity index (χ0n) is 14.7. The number of carbonyl (C=O) groups excluding carboxylic acids is 2. The lowest BCUT2D eigenvalue weighted by Gasteiger charge is -2.34. The van der Waals surface area contributed by atoms with Crippen molar-refractivity contribution in [3.05, 3.63) is 54.2 Å². The summed E-state index contributed by atoms with van der Waals surface area (Å²) in [6.07, 6.45) is 1.62.